The summed E-state index contributed by atoms with van der Waals surface area (Å²) in [6, 6.07) is 1.54. The summed E-state index contributed by atoms with van der Waals surface area (Å²) in [7, 11) is 2.14. The van der Waals surface area contributed by atoms with Crippen molar-refractivity contribution in [1.29, 1.82) is 0 Å². The summed E-state index contributed by atoms with van der Waals surface area (Å²) < 4.78 is 0. The van der Waals surface area contributed by atoms with Gasteiger partial charge in [0, 0.05) is 37.1 Å². The highest BCUT2D eigenvalue weighted by atomic mass is 32.1. The first-order valence-electron chi connectivity index (χ1n) is 8.41. The van der Waals surface area contributed by atoms with E-state index in [9.17, 15) is 4.79 Å². The topological polar surface area (TPSA) is 48.5 Å². The number of fused-ring (bicyclic) bond motifs is 1. The minimum absolute atomic E-state index is 0.175. The highest BCUT2D eigenvalue weighted by Crippen LogP contribution is 2.33. The zero-order valence-electron chi connectivity index (χ0n) is 13.1. The molecule has 1 aromatic rings. The first-order chi connectivity index (χ1) is 10.7. The average Bonchev–Trinajstić information content (AvgIpc) is 3.26. The third kappa shape index (κ3) is 2.86. The second-order valence-electron chi connectivity index (χ2n) is 6.89. The van der Waals surface area contributed by atoms with E-state index in [1.807, 2.05) is 0 Å². The van der Waals surface area contributed by atoms with E-state index in [1.54, 1.807) is 11.3 Å². The van der Waals surface area contributed by atoms with Crippen molar-refractivity contribution in [2.45, 2.75) is 63.2 Å². The summed E-state index contributed by atoms with van der Waals surface area (Å²) >= 11 is 1.73. The molecule has 5 nitrogen and oxygen atoms in total. The molecule has 22 heavy (non-hydrogen) atoms. The minimum atomic E-state index is 0.175. The summed E-state index contributed by atoms with van der Waals surface area (Å²) in [4.78, 5) is 21.4. The maximum absolute atomic E-state index is 12.0. The van der Waals surface area contributed by atoms with Crippen molar-refractivity contribution in [3.63, 3.8) is 0 Å². The van der Waals surface area contributed by atoms with E-state index in [0.717, 1.165) is 23.8 Å². The van der Waals surface area contributed by atoms with Crippen LogP contribution >= 0.6 is 11.3 Å². The second-order valence-corrected chi connectivity index (χ2v) is 7.73. The van der Waals surface area contributed by atoms with E-state index in [-0.39, 0.29) is 5.91 Å². The number of rotatable bonds is 4. The first kappa shape index (κ1) is 14.5. The van der Waals surface area contributed by atoms with E-state index in [1.165, 1.54) is 32.1 Å². The number of carbonyl (C=O) groups excluding carboxylic acids is 1. The van der Waals surface area contributed by atoms with Crippen LogP contribution in [0.2, 0.25) is 0 Å². The molecule has 120 valence electrons. The van der Waals surface area contributed by atoms with Gasteiger partial charge in [-0.05, 0) is 25.7 Å². The highest BCUT2D eigenvalue weighted by molar-refractivity contribution is 7.13. The fraction of sp³-hybridized carbons (Fsp3) is 0.750. The summed E-state index contributed by atoms with van der Waals surface area (Å²) in [5, 5.41) is 6.46. The summed E-state index contributed by atoms with van der Waals surface area (Å²) in [5.74, 6) is 0.175. The van der Waals surface area contributed by atoms with Crippen molar-refractivity contribution >= 4 is 22.4 Å². The average molecular weight is 320 g/mol. The Labute approximate surface area is 135 Å². The van der Waals surface area contributed by atoms with Crippen LogP contribution in [0.4, 0.5) is 5.13 Å². The predicted molar refractivity (Wildman–Crippen MR) is 88.1 cm³/mol. The summed E-state index contributed by atoms with van der Waals surface area (Å²) in [5.41, 5.74) is 1.12. The molecule has 2 heterocycles. The van der Waals surface area contributed by atoms with E-state index < -0.39 is 0 Å². The van der Waals surface area contributed by atoms with Gasteiger partial charge in [0.2, 0.25) is 5.91 Å². The number of nitrogens with zero attached hydrogens (tertiary/aromatic N) is 3. The lowest BCUT2D eigenvalue weighted by atomic mass is 9.87. The molecule has 2 atom stereocenters. The van der Waals surface area contributed by atoms with Gasteiger partial charge in [-0.3, -0.25) is 9.69 Å². The predicted octanol–water partition coefficient (Wildman–Crippen LogP) is 1.98. The lowest BCUT2D eigenvalue weighted by Crippen LogP contribution is -2.61. The fourth-order valence-corrected chi connectivity index (χ4v) is 4.65. The molecule has 0 spiro atoms. The smallest absolute Gasteiger partial charge is 0.234 e. The quantitative estimate of drug-likeness (QED) is 0.922. The van der Waals surface area contributed by atoms with Crippen LogP contribution in [-0.4, -0.2) is 47.5 Å². The maximum atomic E-state index is 12.0. The Morgan fingerprint density at radius 1 is 1.36 bits per heavy atom. The van der Waals surface area contributed by atoms with Gasteiger partial charge in [-0.25, -0.2) is 4.98 Å². The lowest BCUT2D eigenvalue weighted by molar-refractivity contribution is -0.128. The number of thiazole rings is 1. The van der Waals surface area contributed by atoms with Crippen molar-refractivity contribution < 1.29 is 4.79 Å². The zero-order valence-corrected chi connectivity index (χ0v) is 13.9. The molecule has 0 aromatic carbocycles. The maximum Gasteiger partial charge on any atom is 0.234 e. The molecule has 3 aliphatic rings. The van der Waals surface area contributed by atoms with E-state index in [0.29, 0.717) is 24.7 Å². The molecular weight excluding hydrogens is 296 g/mol. The van der Waals surface area contributed by atoms with Gasteiger partial charge in [-0.1, -0.05) is 12.8 Å². The molecule has 1 N–H and O–H groups in total. The Kier molecular flexibility index (Phi) is 3.82. The molecular formula is C16H24N4OS. The molecule has 1 aromatic heterocycles. The molecule has 0 unspecified atom stereocenters. The van der Waals surface area contributed by atoms with Gasteiger partial charge in [-0.15, -0.1) is 11.3 Å². The Balaban J connectivity index is 1.45. The summed E-state index contributed by atoms with van der Waals surface area (Å²) in [6.07, 6.45) is 7.43. The highest BCUT2D eigenvalue weighted by Gasteiger charge is 2.36. The van der Waals surface area contributed by atoms with Gasteiger partial charge in [0.1, 0.15) is 0 Å². The molecule has 4 rings (SSSR count). The number of amides is 1. The van der Waals surface area contributed by atoms with Gasteiger partial charge >= 0.3 is 0 Å². The standard InChI is InChI=1S/C16H24N4OS/c1-19(12-6-7-12)16-17-11(10-22-16)8-20-9-15(21)18-13-4-2-3-5-14(13)20/h10,12-14H,2-9H2,1H3,(H,18,21)/t13-,14-/m0/s1. The minimum Gasteiger partial charge on any atom is -0.351 e. The van der Waals surface area contributed by atoms with Crippen LogP contribution in [0, 0.1) is 0 Å². The molecule has 1 aliphatic heterocycles. The summed E-state index contributed by atoms with van der Waals surface area (Å²) in [6.45, 7) is 1.33. The Hall–Kier alpha value is -1.14. The Bertz CT molecular complexity index is 556. The fourth-order valence-electron chi connectivity index (χ4n) is 3.80. The lowest BCUT2D eigenvalue weighted by Gasteiger charge is -2.43. The second kappa shape index (κ2) is 5.81. The van der Waals surface area contributed by atoms with Gasteiger partial charge in [0.25, 0.3) is 0 Å². The largest absolute Gasteiger partial charge is 0.351 e. The molecule has 2 aliphatic carbocycles. The van der Waals surface area contributed by atoms with Crippen LogP contribution in [-0.2, 0) is 11.3 Å². The monoisotopic (exact) mass is 320 g/mol. The van der Waals surface area contributed by atoms with Crippen LogP contribution in [0.1, 0.15) is 44.2 Å². The number of hydrogen-bond acceptors (Lipinski definition) is 5. The molecule has 1 saturated heterocycles. The first-order valence-corrected chi connectivity index (χ1v) is 9.29. The van der Waals surface area contributed by atoms with Crippen LogP contribution in [0.3, 0.4) is 0 Å². The van der Waals surface area contributed by atoms with Crippen LogP contribution in [0.25, 0.3) is 0 Å². The third-order valence-corrected chi connectivity index (χ3v) is 6.17. The van der Waals surface area contributed by atoms with Gasteiger partial charge in [0.05, 0.1) is 12.2 Å². The molecule has 0 radical (unpaired) electrons. The van der Waals surface area contributed by atoms with E-state index in [4.69, 9.17) is 4.98 Å². The number of aromatic nitrogens is 1. The van der Waals surface area contributed by atoms with Crippen LogP contribution < -0.4 is 10.2 Å². The van der Waals surface area contributed by atoms with E-state index >= 15 is 0 Å². The molecule has 3 fully saturated rings. The Morgan fingerprint density at radius 3 is 3.00 bits per heavy atom. The van der Waals surface area contributed by atoms with Crippen molar-refractivity contribution in [2.24, 2.45) is 0 Å². The number of piperazine rings is 1. The SMILES string of the molecule is CN(c1nc(CN2CC(=O)N[C@H]3CCCC[C@@H]32)cs1)C1CC1. The van der Waals surface area contributed by atoms with Crippen molar-refractivity contribution in [3.05, 3.63) is 11.1 Å². The van der Waals surface area contributed by atoms with Gasteiger partial charge < -0.3 is 10.2 Å². The van der Waals surface area contributed by atoms with E-state index in [2.05, 4.69) is 27.5 Å². The van der Waals surface area contributed by atoms with Crippen molar-refractivity contribution in [2.75, 3.05) is 18.5 Å². The van der Waals surface area contributed by atoms with Crippen LogP contribution in [0.5, 0.6) is 0 Å². The molecule has 1 amide bonds. The molecule has 0 bridgehead atoms. The number of nitrogens with one attached hydrogen (secondary N) is 1. The van der Waals surface area contributed by atoms with Crippen LogP contribution in [0.15, 0.2) is 5.38 Å². The number of hydrogen-bond donors (Lipinski definition) is 1. The molecule has 6 heteroatoms. The number of anilines is 1. The van der Waals surface area contributed by atoms with Crippen molar-refractivity contribution in [3.8, 4) is 0 Å². The molecule has 2 saturated carbocycles. The van der Waals surface area contributed by atoms with Gasteiger partial charge in [-0.2, -0.15) is 0 Å². The van der Waals surface area contributed by atoms with Gasteiger partial charge in [0.15, 0.2) is 5.13 Å². The third-order valence-electron chi connectivity index (χ3n) is 5.19. The Morgan fingerprint density at radius 2 is 2.18 bits per heavy atom. The van der Waals surface area contributed by atoms with Crippen molar-refractivity contribution in [1.82, 2.24) is 15.2 Å². The number of carbonyl (C=O) groups is 1. The zero-order chi connectivity index (χ0) is 15.1. The normalized spacial score (nSPS) is 29.0.